The average Bonchev–Trinajstić information content (AvgIpc) is 3.34. The molecule has 0 bridgehead atoms. The van der Waals surface area contributed by atoms with E-state index in [1.54, 1.807) is 0 Å². The predicted molar refractivity (Wildman–Crippen MR) is 124 cm³/mol. The molecule has 3 aliphatic carbocycles. The Labute approximate surface area is 192 Å². The van der Waals surface area contributed by atoms with E-state index in [0.717, 1.165) is 25.1 Å². The highest BCUT2D eigenvalue weighted by Crippen LogP contribution is 2.59. The summed E-state index contributed by atoms with van der Waals surface area (Å²) in [5.74, 6) is 1.30. The van der Waals surface area contributed by atoms with Crippen molar-refractivity contribution in [2.75, 3.05) is 19.6 Å². The molecule has 0 spiro atoms. The van der Waals surface area contributed by atoms with E-state index in [9.17, 15) is 19.0 Å². The van der Waals surface area contributed by atoms with Crippen LogP contribution in [0.15, 0.2) is 35.5 Å². The van der Waals surface area contributed by atoms with E-state index in [1.807, 2.05) is 0 Å². The van der Waals surface area contributed by atoms with Gasteiger partial charge in [0, 0.05) is 19.0 Å². The number of hydrogen-bond donors (Lipinski definition) is 2. The van der Waals surface area contributed by atoms with Crippen LogP contribution in [0.4, 0.5) is 8.78 Å². The minimum atomic E-state index is -2.19. The lowest BCUT2D eigenvalue weighted by atomic mass is 9.61. The van der Waals surface area contributed by atoms with Crippen LogP contribution < -0.4 is 0 Å². The van der Waals surface area contributed by atoms with Crippen molar-refractivity contribution in [2.24, 2.45) is 29.1 Å². The Morgan fingerprint density at radius 2 is 1.88 bits per heavy atom. The number of aliphatic hydroxyl groups excluding tert-OH is 2. The standard InChI is InChI=1S/C27H41F2NO2/c1-17(15-30-12-10-21(16-30)26(28)29)22-8-9-23-20(5-4-11-27(22,23)3)7-6-19-13-24(31)18(2)25(32)14-19/h6-7,17,21-26,31-32H,2,4-5,8-16H2,1,3H3/b20-7+/t17-,21-,22-,23+,24-,25-,27-/m1/s1. The lowest BCUT2D eigenvalue weighted by molar-refractivity contribution is 0.0672. The normalized spacial score (nSPS) is 40.8. The summed E-state index contributed by atoms with van der Waals surface area (Å²) in [4.78, 5) is 2.27. The van der Waals surface area contributed by atoms with Gasteiger partial charge in [0.15, 0.2) is 0 Å². The fourth-order valence-electron chi connectivity index (χ4n) is 7.41. The first-order chi connectivity index (χ1) is 15.2. The lowest BCUT2D eigenvalue weighted by Crippen LogP contribution is -2.39. The third-order valence-electron chi connectivity index (χ3n) is 9.24. The fraction of sp³-hybridized carbons (Fsp3) is 0.778. The first kappa shape index (κ1) is 24.1. The Morgan fingerprint density at radius 1 is 1.16 bits per heavy atom. The van der Waals surface area contributed by atoms with E-state index >= 15 is 0 Å². The van der Waals surface area contributed by atoms with Crippen LogP contribution in [0.1, 0.15) is 65.2 Å². The number of halogens is 2. The van der Waals surface area contributed by atoms with Gasteiger partial charge >= 0.3 is 0 Å². The Kier molecular flexibility index (Phi) is 7.29. The molecule has 4 aliphatic rings. The van der Waals surface area contributed by atoms with Crippen molar-refractivity contribution >= 4 is 0 Å². The van der Waals surface area contributed by atoms with Crippen molar-refractivity contribution in [3.8, 4) is 0 Å². The molecule has 1 saturated heterocycles. The zero-order chi connectivity index (χ0) is 23.0. The molecule has 4 rings (SSSR count). The molecule has 0 amide bonds. The zero-order valence-electron chi connectivity index (χ0n) is 19.8. The summed E-state index contributed by atoms with van der Waals surface area (Å²) >= 11 is 0. The molecule has 1 heterocycles. The van der Waals surface area contributed by atoms with Gasteiger partial charge in [0.25, 0.3) is 0 Å². The monoisotopic (exact) mass is 449 g/mol. The molecule has 180 valence electrons. The fourth-order valence-corrected chi connectivity index (χ4v) is 7.41. The SMILES string of the molecule is C=C1[C@H](O)CC(=C/C=C2\CCC[C@]3(C)[C@@H]([C@H](C)CN4CC[C@@H](C(F)F)C4)CC[C@@H]23)C[C@H]1O. The molecule has 0 aromatic carbocycles. The van der Waals surface area contributed by atoms with E-state index in [-0.39, 0.29) is 5.41 Å². The third kappa shape index (κ3) is 4.76. The number of allylic oxidation sites excluding steroid dienone is 3. The molecule has 0 unspecified atom stereocenters. The molecule has 0 aromatic heterocycles. The van der Waals surface area contributed by atoms with Gasteiger partial charge in [-0.25, -0.2) is 8.78 Å². The van der Waals surface area contributed by atoms with E-state index in [0.29, 0.717) is 49.1 Å². The van der Waals surface area contributed by atoms with Crippen LogP contribution >= 0.6 is 0 Å². The van der Waals surface area contributed by atoms with Gasteiger partial charge in [-0.2, -0.15) is 0 Å². The number of nitrogens with zero attached hydrogens (tertiary/aromatic N) is 1. The average molecular weight is 450 g/mol. The van der Waals surface area contributed by atoms with Crippen molar-refractivity contribution in [3.63, 3.8) is 0 Å². The van der Waals surface area contributed by atoms with Crippen molar-refractivity contribution in [2.45, 2.75) is 83.8 Å². The summed E-state index contributed by atoms with van der Waals surface area (Å²) in [5.41, 5.74) is 3.44. The zero-order valence-corrected chi connectivity index (χ0v) is 19.8. The molecule has 2 N–H and O–H groups in total. The Balaban J connectivity index is 1.42. The van der Waals surface area contributed by atoms with Gasteiger partial charge in [-0.3, -0.25) is 0 Å². The van der Waals surface area contributed by atoms with Gasteiger partial charge in [0.05, 0.1) is 12.2 Å². The molecule has 5 heteroatoms. The third-order valence-corrected chi connectivity index (χ3v) is 9.24. The van der Waals surface area contributed by atoms with E-state index in [2.05, 4.69) is 37.5 Å². The van der Waals surface area contributed by atoms with Crippen LogP contribution in [0, 0.1) is 29.1 Å². The molecule has 0 aromatic rings. The van der Waals surface area contributed by atoms with Gasteiger partial charge in [0.1, 0.15) is 0 Å². The van der Waals surface area contributed by atoms with Crippen LogP contribution in [0.2, 0.25) is 0 Å². The van der Waals surface area contributed by atoms with Crippen LogP contribution in [-0.4, -0.2) is 53.4 Å². The maximum Gasteiger partial charge on any atom is 0.242 e. The van der Waals surface area contributed by atoms with Gasteiger partial charge in [-0.15, -0.1) is 0 Å². The summed E-state index contributed by atoms with van der Waals surface area (Å²) in [6, 6.07) is 0. The molecule has 32 heavy (non-hydrogen) atoms. The largest absolute Gasteiger partial charge is 0.388 e. The summed E-state index contributed by atoms with van der Waals surface area (Å²) < 4.78 is 26.2. The number of alkyl halides is 2. The summed E-state index contributed by atoms with van der Waals surface area (Å²) in [6.45, 7) is 10.9. The van der Waals surface area contributed by atoms with Gasteiger partial charge in [0.2, 0.25) is 6.43 Å². The van der Waals surface area contributed by atoms with E-state index in [4.69, 9.17) is 0 Å². The second kappa shape index (κ2) is 9.68. The van der Waals surface area contributed by atoms with Crippen LogP contribution in [0.3, 0.4) is 0 Å². The number of aliphatic hydroxyl groups is 2. The topological polar surface area (TPSA) is 43.7 Å². The smallest absolute Gasteiger partial charge is 0.242 e. The lowest BCUT2D eigenvalue weighted by Gasteiger charge is -2.45. The van der Waals surface area contributed by atoms with Crippen molar-refractivity contribution in [1.82, 2.24) is 4.90 Å². The number of hydrogen-bond acceptors (Lipinski definition) is 3. The highest BCUT2D eigenvalue weighted by atomic mass is 19.3. The molecule has 3 saturated carbocycles. The number of likely N-dealkylation sites (tertiary alicyclic amines) is 1. The van der Waals surface area contributed by atoms with Crippen molar-refractivity contribution < 1.29 is 19.0 Å². The Hall–Kier alpha value is -1.04. The molecule has 0 radical (unpaired) electrons. The maximum absolute atomic E-state index is 13.1. The summed E-state index contributed by atoms with van der Waals surface area (Å²) in [6.07, 6.45) is 8.72. The maximum atomic E-state index is 13.1. The molecule has 3 nitrogen and oxygen atoms in total. The number of rotatable bonds is 5. The second-order valence-corrected chi connectivity index (χ2v) is 11.3. The minimum absolute atomic E-state index is 0.281. The summed E-state index contributed by atoms with van der Waals surface area (Å²) in [7, 11) is 0. The molecule has 1 aliphatic heterocycles. The van der Waals surface area contributed by atoms with Crippen molar-refractivity contribution in [1.29, 1.82) is 0 Å². The van der Waals surface area contributed by atoms with Crippen molar-refractivity contribution in [3.05, 3.63) is 35.5 Å². The van der Waals surface area contributed by atoms with E-state index < -0.39 is 24.6 Å². The van der Waals surface area contributed by atoms with Crippen LogP contribution in [0.25, 0.3) is 0 Å². The molecular formula is C27H41F2NO2. The second-order valence-electron chi connectivity index (χ2n) is 11.3. The van der Waals surface area contributed by atoms with Gasteiger partial charge < -0.3 is 15.1 Å². The quantitative estimate of drug-likeness (QED) is 0.556. The predicted octanol–water partition coefficient (Wildman–Crippen LogP) is 5.35. The number of fused-ring (bicyclic) bond motifs is 1. The highest BCUT2D eigenvalue weighted by Gasteiger charge is 2.51. The Morgan fingerprint density at radius 3 is 2.53 bits per heavy atom. The van der Waals surface area contributed by atoms with Gasteiger partial charge in [-0.05, 0) is 86.7 Å². The van der Waals surface area contributed by atoms with E-state index in [1.165, 1.54) is 31.3 Å². The first-order valence-corrected chi connectivity index (χ1v) is 12.6. The van der Waals surface area contributed by atoms with Crippen LogP contribution in [0.5, 0.6) is 0 Å². The van der Waals surface area contributed by atoms with Crippen LogP contribution in [-0.2, 0) is 0 Å². The summed E-state index contributed by atoms with van der Waals surface area (Å²) in [5, 5.41) is 20.3. The molecular weight excluding hydrogens is 408 g/mol. The van der Waals surface area contributed by atoms with Gasteiger partial charge in [-0.1, -0.05) is 43.7 Å². The molecule has 4 fully saturated rings. The first-order valence-electron chi connectivity index (χ1n) is 12.6. The molecule has 7 atom stereocenters. The minimum Gasteiger partial charge on any atom is -0.388 e. The highest BCUT2D eigenvalue weighted by molar-refractivity contribution is 5.29. The Bertz CT molecular complexity index is 747.